The number of nitrogens with one attached hydrogen (secondary N) is 1. The molecule has 152 valence electrons. The summed E-state index contributed by atoms with van der Waals surface area (Å²) in [7, 11) is -3.73. The van der Waals surface area contributed by atoms with Gasteiger partial charge in [-0.2, -0.15) is 4.31 Å². The van der Waals surface area contributed by atoms with E-state index in [9.17, 15) is 18.5 Å². The average Bonchev–Trinajstić information content (AvgIpc) is 2.96. The van der Waals surface area contributed by atoms with Crippen LogP contribution in [0.3, 0.4) is 0 Å². The van der Waals surface area contributed by atoms with Gasteiger partial charge in [0.2, 0.25) is 10.0 Å². The number of hydrogen-bond acceptors (Lipinski definition) is 7. The van der Waals surface area contributed by atoms with Crippen LogP contribution >= 0.6 is 11.3 Å². The van der Waals surface area contributed by atoms with Crippen molar-refractivity contribution in [3.63, 3.8) is 0 Å². The zero-order valence-corrected chi connectivity index (χ0v) is 17.4. The second kappa shape index (κ2) is 8.97. The van der Waals surface area contributed by atoms with Crippen molar-refractivity contribution in [1.29, 1.82) is 0 Å². The van der Waals surface area contributed by atoms with E-state index in [1.165, 1.54) is 16.4 Å². The largest absolute Gasteiger partial charge is 0.373 e. The lowest BCUT2D eigenvalue weighted by Crippen LogP contribution is -2.32. The normalized spacial score (nSPS) is 15.9. The monoisotopic (exact) mass is 424 g/mol. The van der Waals surface area contributed by atoms with E-state index in [2.05, 4.69) is 10.3 Å². The summed E-state index contributed by atoms with van der Waals surface area (Å²) >= 11 is 1.55. The van der Waals surface area contributed by atoms with Gasteiger partial charge in [-0.3, -0.25) is 10.1 Å². The molecule has 0 saturated carbocycles. The number of anilines is 1. The number of nitro groups is 1. The minimum Gasteiger partial charge on any atom is -0.373 e. The molecule has 10 heteroatoms. The van der Waals surface area contributed by atoms with Crippen LogP contribution < -0.4 is 5.32 Å². The zero-order chi connectivity index (χ0) is 20.1. The zero-order valence-electron chi connectivity index (χ0n) is 15.8. The molecule has 1 aliphatic rings. The molecule has 28 heavy (non-hydrogen) atoms. The molecule has 0 spiro atoms. The van der Waals surface area contributed by atoms with Gasteiger partial charge in [0.1, 0.15) is 10.7 Å². The molecule has 1 saturated heterocycles. The summed E-state index contributed by atoms with van der Waals surface area (Å²) in [6.45, 7) is 3.31. The second-order valence-corrected chi connectivity index (χ2v) is 9.82. The maximum absolute atomic E-state index is 12.9. The van der Waals surface area contributed by atoms with Crippen LogP contribution in [0.15, 0.2) is 29.3 Å². The predicted molar refractivity (Wildman–Crippen MR) is 109 cm³/mol. The van der Waals surface area contributed by atoms with E-state index in [1.807, 2.05) is 6.92 Å². The molecule has 0 radical (unpaired) electrons. The minimum absolute atomic E-state index is 0.0332. The molecule has 8 nitrogen and oxygen atoms in total. The summed E-state index contributed by atoms with van der Waals surface area (Å²) in [5.74, 6) is 0. The maximum Gasteiger partial charge on any atom is 0.293 e. The first kappa shape index (κ1) is 20.7. The van der Waals surface area contributed by atoms with Crippen molar-refractivity contribution in [3.05, 3.63) is 44.4 Å². The Kier molecular flexibility index (Phi) is 6.63. The second-order valence-electron chi connectivity index (χ2n) is 6.68. The number of aryl methyl sites for hydroxylation is 1. The molecule has 1 aromatic carbocycles. The molecule has 0 atom stereocenters. The molecule has 0 amide bonds. The number of thiazole rings is 1. The standard InChI is InChI=1S/C18H24N4O4S2/c1-2-14-12-20-18(27-14)13-19-16-8-7-15(11-17(16)22(23)24)28(25,26)21-9-5-3-4-6-10-21/h7-8,11-12,19H,2-6,9-10,13H2,1H3. The summed E-state index contributed by atoms with van der Waals surface area (Å²) in [4.78, 5) is 16.4. The Hall–Kier alpha value is -2.04. The first-order chi connectivity index (χ1) is 13.4. The molecule has 1 aliphatic heterocycles. The Balaban J connectivity index is 1.82. The Morgan fingerprint density at radius 3 is 2.57 bits per heavy atom. The van der Waals surface area contributed by atoms with Crippen molar-refractivity contribution in [3.8, 4) is 0 Å². The van der Waals surface area contributed by atoms with Crippen LogP contribution in [0.1, 0.15) is 42.5 Å². The van der Waals surface area contributed by atoms with Gasteiger partial charge in [0, 0.05) is 30.2 Å². The van der Waals surface area contributed by atoms with Gasteiger partial charge in [-0.05, 0) is 31.4 Å². The van der Waals surface area contributed by atoms with Gasteiger partial charge in [0.25, 0.3) is 5.69 Å². The van der Waals surface area contributed by atoms with Crippen molar-refractivity contribution in [2.24, 2.45) is 0 Å². The Morgan fingerprint density at radius 2 is 1.96 bits per heavy atom. The number of rotatable bonds is 7. The molecule has 2 aromatic rings. The van der Waals surface area contributed by atoms with Crippen molar-refractivity contribution in [2.45, 2.75) is 50.5 Å². The summed E-state index contributed by atoms with van der Waals surface area (Å²) in [5, 5.41) is 15.4. The fourth-order valence-corrected chi connectivity index (χ4v) is 5.51. The van der Waals surface area contributed by atoms with Crippen molar-refractivity contribution in [1.82, 2.24) is 9.29 Å². The van der Waals surface area contributed by atoms with Crippen LogP contribution in [0.4, 0.5) is 11.4 Å². The van der Waals surface area contributed by atoms with Crippen molar-refractivity contribution >= 4 is 32.7 Å². The average molecular weight is 425 g/mol. The topological polar surface area (TPSA) is 105 Å². The van der Waals surface area contributed by atoms with E-state index in [0.29, 0.717) is 19.6 Å². The summed E-state index contributed by atoms with van der Waals surface area (Å²) < 4.78 is 27.3. The molecule has 2 heterocycles. The van der Waals surface area contributed by atoms with Crippen LogP contribution in [0, 0.1) is 10.1 Å². The van der Waals surface area contributed by atoms with Crippen molar-refractivity contribution < 1.29 is 13.3 Å². The van der Waals surface area contributed by atoms with Gasteiger partial charge in [0.05, 0.1) is 16.4 Å². The lowest BCUT2D eigenvalue weighted by atomic mass is 10.2. The third-order valence-electron chi connectivity index (χ3n) is 4.75. The summed E-state index contributed by atoms with van der Waals surface area (Å²) in [6.07, 6.45) is 6.33. The summed E-state index contributed by atoms with van der Waals surface area (Å²) in [5.41, 5.74) is 0.0382. The fraction of sp³-hybridized carbons (Fsp3) is 0.500. The van der Waals surface area contributed by atoms with Crippen molar-refractivity contribution in [2.75, 3.05) is 18.4 Å². The van der Waals surface area contributed by atoms with Gasteiger partial charge in [-0.1, -0.05) is 19.8 Å². The summed E-state index contributed by atoms with van der Waals surface area (Å²) in [6, 6.07) is 4.06. The predicted octanol–water partition coefficient (Wildman–Crippen LogP) is 3.79. The van der Waals surface area contributed by atoms with E-state index >= 15 is 0 Å². The maximum atomic E-state index is 12.9. The SMILES string of the molecule is CCc1cnc(CNc2ccc(S(=O)(=O)N3CCCCCC3)cc2[N+](=O)[O-])s1. The number of hydrogen-bond donors (Lipinski definition) is 1. The first-order valence-corrected chi connectivity index (χ1v) is 11.6. The van der Waals surface area contributed by atoms with Gasteiger partial charge in [0.15, 0.2) is 0 Å². The Bertz CT molecular complexity index is 935. The number of sulfonamides is 1. The Labute approximate surface area is 168 Å². The van der Waals surface area contributed by atoms with Gasteiger partial charge >= 0.3 is 0 Å². The number of aromatic nitrogens is 1. The van der Waals surface area contributed by atoms with Crippen LogP contribution in [0.25, 0.3) is 0 Å². The number of benzene rings is 1. The Morgan fingerprint density at radius 1 is 1.25 bits per heavy atom. The van der Waals surface area contributed by atoms with Crippen LogP contribution in [-0.4, -0.2) is 35.7 Å². The van der Waals surface area contributed by atoms with E-state index in [4.69, 9.17) is 0 Å². The van der Waals surface area contributed by atoms with Gasteiger partial charge < -0.3 is 5.32 Å². The van der Waals surface area contributed by atoms with E-state index in [1.54, 1.807) is 17.5 Å². The molecule has 1 fully saturated rings. The molecule has 3 rings (SSSR count). The molecule has 1 aromatic heterocycles. The highest BCUT2D eigenvalue weighted by molar-refractivity contribution is 7.89. The molecular formula is C18H24N4O4S2. The van der Waals surface area contributed by atoms with Gasteiger partial charge in [-0.25, -0.2) is 13.4 Å². The molecular weight excluding hydrogens is 400 g/mol. The lowest BCUT2D eigenvalue weighted by molar-refractivity contribution is -0.384. The van der Waals surface area contributed by atoms with E-state index in [0.717, 1.165) is 48.1 Å². The molecule has 0 bridgehead atoms. The van der Waals surface area contributed by atoms with Crippen LogP contribution in [0.2, 0.25) is 0 Å². The highest BCUT2D eigenvalue weighted by atomic mass is 32.2. The molecule has 0 unspecified atom stereocenters. The highest BCUT2D eigenvalue weighted by Gasteiger charge is 2.28. The molecule has 0 aliphatic carbocycles. The first-order valence-electron chi connectivity index (χ1n) is 9.38. The smallest absolute Gasteiger partial charge is 0.293 e. The third-order valence-corrected chi connectivity index (χ3v) is 7.78. The third kappa shape index (κ3) is 4.68. The van der Waals surface area contributed by atoms with Gasteiger partial charge in [-0.15, -0.1) is 11.3 Å². The lowest BCUT2D eigenvalue weighted by Gasteiger charge is -2.20. The number of nitro benzene ring substituents is 1. The van der Waals surface area contributed by atoms with E-state index in [-0.39, 0.29) is 16.3 Å². The van der Waals surface area contributed by atoms with Crippen LogP contribution in [-0.2, 0) is 23.0 Å². The quantitative estimate of drug-likeness (QED) is 0.535. The fourth-order valence-electron chi connectivity index (χ4n) is 3.17. The highest BCUT2D eigenvalue weighted by Crippen LogP contribution is 2.30. The van der Waals surface area contributed by atoms with E-state index < -0.39 is 14.9 Å². The minimum atomic E-state index is -3.73. The number of nitrogens with zero attached hydrogens (tertiary/aromatic N) is 3. The van der Waals surface area contributed by atoms with Crippen LogP contribution in [0.5, 0.6) is 0 Å². The molecule has 1 N–H and O–H groups in total.